The summed E-state index contributed by atoms with van der Waals surface area (Å²) in [6.45, 7) is 5.27. The molecule has 0 saturated carbocycles. The Balaban J connectivity index is 2.13. The molecule has 0 fully saturated rings. The number of carbonyl (C=O) groups excluding carboxylic acids is 1. The van der Waals surface area contributed by atoms with Crippen molar-refractivity contribution in [2.45, 2.75) is 33.1 Å². The molecule has 0 atom stereocenters. The van der Waals surface area contributed by atoms with Crippen LogP contribution >= 0.6 is 11.3 Å². The van der Waals surface area contributed by atoms with Gasteiger partial charge in [0.2, 0.25) is 0 Å². The first-order chi connectivity index (χ1) is 10.7. The molecule has 0 spiro atoms. The van der Waals surface area contributed by atoms with Crippen LogP contribution in [-0.2, 0) is 24.6 Å². The Labute approximate surface area is 134 Å². The molecule has 22 heavy (non-hydrogen) atoms. The lowest BCUT2D eigenvalue weighted by Crippen LogP contribution is -2.10. The number of nitrogens with one attached hydrogen (secondary N) is 1. The molecule has 0 saturated heterocycles. The number of fused-ring (bicyclic) bond motifs is 3. The molecule has 2 heterocycles. The Hall–Kier alpha value is -1.82. The molecule has 0 radical (unpaired) electrons. The number of aryl methyl sites for hydroxylation is 2. The number of ether oxygens (including phenoxy) is 1. The van der Waals surface area contributed by atoms with Gasteiger partial charge in [-0.25, -0.2) is 4.79 Å². The second-order valence-corrected chi connectivity index (χ2v) is 6.42. The predicted octanol–water partition coefficient (Wildman–Crippen LogP) is 3.25. The minimum atomic E-state index is -0.209. The maximum atomic E-state index is 12.3. The van der Waals surface area contributed by atoms with Crippen molar-refractivity contribution >= 4 is 22.3 Å². The molecule has 2 aromatic rings. The van der Waals surface area contributed by atoms with Crippen molar-refractivity contribution in [1.82, 2.24) is 9.78 Å². The number of hydrogen-bond acceptors (Lipinski definition) is 5. The van der Waals surface area contributed by atoms with Crippen LogP contribution in [0.4, 0.5) is 5.00 Å². The summed E-state index contributed by atoms with van der Waals surface area (Å²) in [6, 6.07) is 0. The molecule has 6 heteroatoms. The Morgan fingerprint density at radius 1 is 1.45 bits per heavy atom. The highest BCUT2D eigenvalue weighted by Gasteiger charge is 2.30. The molecular weight excluding hydrogens is 298 g/mol. The van der Waals surface area contributed by atoms with Crippen LogP contribution in [-0.4, -0.2) is 28.9 Å². The number of esters is 1. The standard InChI is InChI=1S/C16H21N3O2S/c1-4-8-17-15-12-11(14(22-15)16(20)21-5-2)7-6-10-9-18-19(3)13(10)12/h9,17H,4-8H2,1-3H3. The number of anilines is 1. The lowest BCUT2D eigenvalue weighted by molar-refractivity contribution is 0.0531. The quantitative estimate of drug-likeness (QED) is 0.860. The van der Waals surface area contributed by atoms with Crippen LogP contribution < -0.4 is 5.32 Å². The molecule has 1 aliphatic carbocycles. The summed E-state index contributed by atoms with van der Waals surface area (Å²) in [7, 11) is 1.96. The molecule has 0 bridgehead atoms. The summed E-state index contributed by atoms with van der Waals surface area (Å²) in [4.78, 5) is 13.0. The first-order valence-electron chi connectivity index (χ1n) is 7.75. The molecule has 3 rings (SSSR count). The largest absolute Gasteiger partial charge is 0.462 e. The lowest BCUT2D eigenvalue weighted by atomic mass is 9.91. The van der Waals surface area contributed by atoms with Crippen LogP contribution in [0, 0.1) is 0 Å². The number of thiophene rings is 1. The summed E-state index contributed by atoms with van der Waals surface area (Å²) in [6.07, 6.45) is 4.77. The molecule has 118 valence electrons. The molecule has 2 aromatic heterocycles. The normalized spacial score (nSPS) is 12.7. The number of nitrogens with zero attached hydrogens (tertiary/aromatic N) is 2. The van der Waals surface area contributed by atoms with Crippen molar-refractivity contribution in [2.75, 3.05) is 18.5 Å². The zero-order valence-corrected chi connectivity index (χ0v) is 14.0. The third-order valence-electron chi connectivity index (χ3n) is 3.90. The van der Waals surface area contributed by atoms with Gasteiger partial charge in [-0.2, -0.15) is 5.10 Å². The summed E-state index contributed by atoms with van der Waals surface area (Å²) in [5.41, 5.74) is 4.63. The summed E-state index contributed by atoms with van der Waals surface area (Å²) in [5.74, 6) is -0.209. The lowest BCUT2D eigenvalue weighted by Gasteiger charge is -2.16. The van der Waals surface area contributed by atoms with Crippen molar-refractivity contribution in [3.05, 3.63) is 22.2 Å². The third kappa shape index (κ3) is 2.41. The fraction of sp³-hybridized carbons (Fsp3) is 0.500. The van der Waals surface area contributed by atoms with Gasteiger partial charge in [-0.15, -0.1) is 11.3 Å². The van der Waals surface area contributed by atoms with Crippen LogP contribution in [0.15, 0.2) is 6.20 Å². The maximum absolute atomic E-state index is 12.3. The van der Waals surface area contributed by atoms with Crippen LogP contribution in [0.5, 0.6) is 0 Å². The van der Waals surface area contributed by atoms with E-state index in [9.17, 15) is 4.79 Å². The summed E-state index contributed by atoms with van der Waals surface area (Å²) in [5, 5.41) is 8.91. The van der Waals surface area contributed by atoms with Crippen molar-refractivity contribution in [2.24, 2.45) is 7.05 Å². The highest BCUT2D eigenvalue weighted by Crippen LogP contribution is 2.45. The summed E-state index contributed by atoms with van der Waals surface area (Å²) < 4.78 is 7.14. The van der Waals surface area contributed by atoms with E-state index in [1.54, 1.807) is 0 Å². The zero-order valence-electron chi connectivity index (χ0n) is 13.2. The SMILES string of the molecule is CCCNc1sc(C(=O)OCC)c2c1-c1c(cnn1C)CC2. The van der Waals surface area contributed by atoms with Crippen molar-refractivity contribution < 1.29 is 9.53 Å². The van der Waals surface area contributed by atoms with E-state index in [0.717, 1.165) is 52.5 Å². The molecular formula is C16H21N3O2S. The Kier molecular flexibility index (Phi) is 4.20. The number of hydrogen-bond donors (Lipinski definition) is 1. The maximum Gasteiger partial charge on any atom is 0.348 e. The number of aromatic nitrogens is 2. The zero-order chi connectivity index (χ0) is 15.7. The fourth-order valence-corrected chi connectivity index (χ4v) is 4.10. The van der Waals surface area contributed by atoms with E-state index in [1.807, 2.05) is 24.9 Å². The van der Waals surface area contributed by atoms with Gasteiger partial charge in [0.15, 0.2) is 0 Å². The Morgan fingerprint density at radius 2 is 2.27 bits per heavy atom. The molecule has 1 N–H and O–H groups in total. The highest BCUT2D eigenvalue weighted by molar-refractivity contribution is 7.18. The van der Waals surface area contributed by atoms with Crippen LogP contribution in [0.1, 0.15) is 41.1 Å². The first-order valence-corrected chi connectivity index (χ1v) is 8.56. The second-order valence-electron chi connectivity index (χ2n) is 5.40. The van der Waals surface area contributed by atoms with Gasteiger partial charge < -0.3 is 10.1 Å². The first kappa shape index (κ1) is 15.1. The van der Waals surface area contributed by atoms with Gasteiger partial charge in [0.25, 0.3) is 0 Å². The molecule has 5 nitrogen and oxygen atoms in total. The van der Waals surface area contributed by atoms with E-state index in [2.05, 4.69) is 17.3 Å². The van der Waals surface area contributed by atoms with Gasteiger partial charge in [0.1, 0.15) is 4.88 Å². The average molecular weight is 319 g/mol. The van der Waals surface area contributed by atoms with Gasteiger partial charge in [-0.05, 0) is 37.3 Å². The van der Waals surface area contributed by atoms with Gasteiger partial charge in [-0.3, -0.25) is 4.68 Å². The smallest absolute Gasteiger partial charge is 0.348 e. The topological polar surface area (TPSA) is 56.1 Å². The van der Waals surface area contributed by atoms with E-state index in [1.165, 1.54) is 16.9 Å². The highest BCUT2D eigenvalue weighted by atomic mass is 32.1. The van der Waals surface area contributed by atoms with Crippen LogP contribution in [0.2, 0.25) is 0 Å². The number of carbonyl (C=O) groups is 1. The number of rotatable bonds is 5. The average Bonchev–Trinajstić information content (AvgIpc) is 3.06. The van der Waals surface area contributed by atoms with Gasteiger partial charge in [0, 0.05) is 19.2 Å². The van der Waals surface area contributed by atoms with Gasteiger partial charge in [-0.1, -0.05) is 6.92 Å². The molecule has 0 aliphatic heterocycles. The molecule has 1 aliphatic rings. The van der Waals surface area contributed by atoms with Crippen molar-refractivity contribution in [3.63, 3.8) is 0 Å². The minimum absolute atomic E-state index is 0.209. The summed E-state index contributed by atoms with van der Waals surface area (Å²) >= 11 is 1.51. The monoisotopic (exact) mass is 319 g/mol. The van der Waals surface area contributed by atoms with E-state index < -0.39 is 0 Å². The van der Waals surface area contributed by atoms with E-state index in [4.69, 9.17) is 4.74 Å². The van der Waals surface area contributed by atoms with Gasteiger partial charge >= 0.3 is 5.97 Å². The fourth-order valence-electron chi connectivity index (χ4n) is 2.93. The van der Waals surface area contributed by atoms with Crippen LogP contribution in [0.25, 0.3) is 11.3 Å². The molecule has 0 amide bonds. The molecule has 0 unspecified atom stereocenters. The van der Waals surface area contributed by atoms with Crippen LogP contribution in [0.3, 0.4) is 0 Å². The van der Waals surface area contributed by atoms with Crippen molar-refractivity contribution in [1.29, 1.82) is 0 Å². The van der Waals surface area contributed by atoms with E-state index in [0.29, 0.717) is 6.61 Å². The van der Waals surface area contributed by atoms with E-state index >= 15 is 0 Å². The minimum Gasteiger partial charge on any atom is -0.462 e. The van der Waals surface area contributed by atoms with E-state index in [-0.39, 0.29) is 5.97 Å². The predicted molar refractivity (Wildman–Crippen MR) is 88.7 cm³/mol. The Morgan fingerprint density at radius 3 is 3.00 bits per heavy atom. The third-order valence-corrected chi connectivity index (χ3v) is 5.07. The second kappa shape index (κ2) is 6.12. The Bertz CT molecular complexity index is 703. The van der Waals surface area contributed by atoms with Gasteiger partial charge in [0.05, 0.1) is 23.5 Å². The van der Waals surface area contributed by atoms with Crippen molar-refractivity contribution in [3.8, 4) is 11.3 Å². The molecule has 0 aromatic carbocycles.